The first-order valence-corrected chi connectivity index (χ1v) is 10.5. The number of quaternary nitrogens is 1. The van der Waals surface area contributed by atoms with E-state index in [2.05, 4.69) is 23.9 Å². The average Bonchev–Trinajstić information content (AvgIpc) is 3.18. The molecule has 9 heteroatoms. The number of fused-ring (bicyclic) bond motifs is 1. The van der Waals surface area contributed by atoms with Crippen molar-refractivity contribution in [1.82, 2.24) is 14.6 Å². The van der Waals surface area contributed by atoms with Gasteiger partial charge in [-0.25, -0.2) is 4.98 Å². The third-order valence-electron chi connectivity index (χ3n) is 5.28. The fraction of sp³-hybridized carbons (Fsp3) is 0.500. The number of thiazole rings is 1. The minimum atomic E-state index is -0.0996. The molecule has 4 rings (SSSR count). The second-order valence-electron chi connectivity index (χ2n) is 7.51. The summed E-state index contributed by atoms with van der Waals surface area (Å²) < 4.78 is 18.4. The second-order valence-corrected chi connectivity index (χ2v) is 8.52. The van der Waals surface area contributed by atoms with E-state index < -0.39 is 0 Å². The highest BCUT2D eigenvalue weighted by molar-refractivity contribution is 7.17. The molecule has 0 spiro atoms. The van der Waals surface area contributed by atoms with Crippen LogP contribution in [0.25, 0.3) is 4.96 Å². The first-order chi connectivity index (χ1) is 13.9. The maximum Gasteiger partial charge on any atom is 0.235 e. The van der Waals surface area contributed by atoms with Crippen LogP contribution in [0.1, 0.15) is 36.2 Å². The average molecular weight is 420 g/mol. The molecule has 0 aliphatic carbocycles. The highest BCUT2D eigenvalue weighted by Crippen LogP contribution is 2.38. The van der Waals surface area contributed by atoms with Gasteiger partial charge in [0.25, 0.3) is 0 Å². The molecule has 8 nitrogen and oxygen atoms in total. The highest BCUT2D eigenvalue weighted by Gasteiger charge is 2.37. The Balaban J connectivity index is 1.85. The number of aromatic hydroxyl groups is 1. The number of nitrogens with one attached hydrogen (secondary N) is 1. The molecule has 1 unspecified atom stereocenters. The molecule has 3 heterocycles. The van der Waals surface area contributed by atoms with Gasteiger partial charge in [-0.1, -0.05) is 11.3 Å². The Morgan fingerprint density at radius 2 is 1.90 bits per heavy atom. The molecule has 1 aliphatic rings. The van der Waals surface area contributed by atoms with Crippen molar-refractivity contribution in [3.63, 3.8) is 0 Å². The quantitative estimate of drug-likeness (QED) is 0.654. The lowest BCUT2D eigenvalue weighted by Gasteiger charge is -2.37. The molecule has 0 amide bonds. The van der Waals surface area contributed by atoms with Crippen LogP contribution in [0.2, 0.25) is 0 Å². The minimum absolute atomic E-state index is 0.0996. The zero-order valence-electron chi connectivity index (χ0n) is 17.3. The summed E-state index contributed by atoms with van der Waals surface area (Å²) in [5, 5.41) is 15.3. The van der Waals surface area contributed by atoms with E-state index in [1.807, 2.05) is 25.1 Å². The van der Waals surface area contributed by atoms with Gasteiger partial charge < -0.3 is 24.2 Å². The summed E-state index contributed by atoms with van der Waals surface area (Å²) in [7, 11) is 3.26. The van der Waals surface area contributed by atoms with Crippen LogP contribution < -0.4 is 14.4 Å². The monoisotopic (exact) mass is 419 g/mol. The van der Waals surface area contributed by atoms with E-state index in [4.69, 9.17) is 14.2 Å². The third kappa shape index (κ3) is 3.65. The molecule has 1 fully saturated rings. The van der Waals surface area contributed by atoms with Crippen LogP contribution in [0.3, 0.4) is 0 Å². The molecule has 0 radical (unpaired) electrons. The Morgan fingerprint density at radius 1 is 1.21 bits per heavy atom. The molecule has 0 bridgehead atoms. The lowest BCUT2D eigenvalue weighted by Crippen LogP contribution is -3.15. The number of hydrogen-bond donors (Lipinski definition) is 2. The van der Waals surface area contributed by atoms with E-state index in [1.54, 1.807) is 14.2 Å². The molecular formula is C20H27N4O4S+. The molecule has 1 saturated heterocycles. The zero-order valence-corrected chi connectivity index (χ0v) is 18.1. The number of aromatic nitrogens is 3. The van der Waals surface area contributed by atoms with Gasteiger partial charge in [0.1, 0.15) is 36.0 Å². The number of rotatable bonds is 5. The summed E-state index contributed by atoms with van der Waals surface area (Å²) >= 11 is 1.47. The smallest absolute Gasteiger partial charge is 0.235 e. The standard InChI is InChI=1S/C20H26N4O4S/c1-11-9-23(10-12(2)28-11)17(14-6-7-15(26-4)16(8-14)27-5)18-19(25)24-20(29-18)21-13(3)22-24/h6-8,11-12,17,25H,9-10H2,1-5H3/p+1/t11-,12+,17-/m0/s1. The van der Waals surface area contributed by atoms with Crippen molar-refractivity contribution in [3.05, 3.63) is 34.5 Å². The van der Waals surface area contributed by atoms with E-state index >= 15 is 0 Å². The van der Waals surface area contributed by atoms with E-state index in [0.29, 0.717) is 22.3 Å². The summed E-state index contributed by atoms with van der Waals surface area (Å²) in [6.07, 6.45) is 0.255. The molecule has 0 saturated carbocycles. The van der Waals surface area contributed by atoms with Crippen LogP contribution >= 0.6 is 11.3 Å². The topological polar surface area (TPSA) is 82.6 Å². The van der Waals surface area contributed by atoms with Crippen LogP contribution in [0.15, 0.2) is 18.2 Å². The number of morpholine rings is 1. The van der Waals surface area contributed by atoms with Crippen molar-refractivity contribution in [3.8, 4) is 17.4 Å². The predicted octanol–water partition coefficient (Wildman–Crippen LogP) is 1.60. The number of ether oxygens (including phenoxy) is 3. The van der Waals surface area contributed by atoms with Crippen molar-refractivity contribution in [1.29, 1.82) is 0 Å². The Bertz CT molecular complexity index is 1010. The van der Waals surface area contributed by atoms with Gasteiger partial charge in [0, 0.05) is 5.56 Å². The Labute approximate surface area is 173 Å². The molecule has 1 aliphatic heterocycles. The van der Waals surface area contributed by atoms with E-state index in [1.165, 1.54) is 20.8 Å². The van der Waals surface area contributed by atoms with Gasteiger partial charge in [0.15, 0.2) is 17.5 Å². The number of hydrogen-bond acceptors (Lipinski definition) is 7. The zero-order chi connectivity index (χ0) is 20.7. The van der Waals surface area contributed by atoms with Crippen molar-refractivity contribution in [2.75, 3.05) is 27.3 Å². The molecule has 1 aromatic carbocycles. The molecule has 156 valence electrons. The molecular weight excluding hydrogens is 392 g/mol. The number of benzene rings is 1. The molecule has 3 aromatic rings. The predicted molar refractivity (Wildman–Crippen MR) is 109 cm³/mol. The first-order valence-electron chi connectivity index (χ1n) is 9.68. The van der Waals surface area contributed by atoms with Gasteiger partial charge in [-0.3, -0.25) is 0 Å². The minimum Gasteiger partial charge on any atom is -0.493 e. The number of methoxy groups -OCH3 is 2. The van der Waals surface area contributed by atoms with E-state index in [-0.39, 0.29) is 24.1 Å². The lowest BCUT2D eigenvalue weighted by molar-refractivity contribution is -0.939. The van der Waals surface area contributed by atoms with E-state index in [0.717, 1.165) is 23.5 Å². The van der Waals surface area contributed by atoms with Crippen molar-refractivity contribution in [2.45, 2.75) is 39.0 Å². The van der Waals surface area contributed by atoms with Crippen molar-refractivity contribution < 1.29 is 24.2 Å². The van der Waals surface area contributed by atoms with Gasteiger partial charge in [-0.2, -0.15) is 4.52 Å². The van der Waals surface area contributed by atoms with E-state index in [9.17, 15) is 5.11 Å². The van der Waals surface area contributed by atoms with Crippen molar-refractivity contribution in [2.24, 2.45) is 0 Å². The third-order valence-corrected chi connectivity index (χ3v) is 6.37. The second kappa shape index (κ2) is 7.81. The fourth-order valence-electron chi connectivity index (χ4n) is 4.19. The summed E-state index contributed by atoms with van der Waals surface area (Å²) in [5.74, 6) is 2.13. The van der Waals surface area contributed by atoms with Crippen LogP contribution in [0.4, 0.5) is 0 Å². The molecule has 29 heavy (non-hydrogen) atoms. The summed E-state index contributed by atoms with van der Waals surface area (Å²) in [4.78, 5) is 7.28. The van der Waals surface area contributed by atoms with Gasteiger partial charge in [-0.05, 0) is 39.0 Å². The lowest BCUT2D eigenvalue weighted by atomic mass is 10.0. The van der Waals surface area contributed by atoms with Gasteiger partial charge >= 0.3 is 0 Å². The normalized spacial score (nSPS) is 23.3. The van der Waals surface area contributed by atoms with Crippen LogP contribution in [-0.4, -0.2) is 59.2 Å². The Kier molecular flexibility index (Phi) is 5.37. The fourth-order valence-corrected chi connectivity index (χ4v) is 5.38. The summed E-state index contributed by atoms with van der Waals surface area (Å²) in [6, 6.07) is 5.83. The highest BCUT2D eigenvalue weighted by atomic mass is 32.1. The summed E-state index contributed by atoms with van der Waals surface area (Å²) in [5.41, 5.74) is 1.04. The van der Waals surface area contributed by atoms with Crippen LogP contribution in [-0.2, 0) is 4.74 Å². The van der Waals surface area contributed by atoms with Crippen LogP contribution in [0, 0.1) is 6.92 Å². The summed E-state index contributed by atoms with van der Waals surface area (Å²) in [6.45, 7) is 7.66. The number of aryl methyl sites for hydroxylation is 1. The largest absolute Gasteiger partial charge is 0.493 e. The maximum atomic E-state index is 11.0. The Hall–Kier alpha value is -2.36. The molecule has 2 aromatic heterocycles. The molecule has 2 N–H and O–H groups in total. The SMILES string of the molecule is COc1ccc([C@@H](c2sc3nc(C)nn3c2O)[NH+]2C[C@@H](C)O[C@@H](C)C2)cc1OC. The first kappa shape index (κ1) is 19.9. The van der Waals surface area contributed by atoms with Crippen LogP contribution in [0.5, 0.6) is 17.4 Å². The van der Waals surface area contributed by atoms with Gasteiger partial charge in [-0.15, -0.1) is 5.10 Å². The van der Waals surface area contributed by atoms with Gasteiger partial charge in [0.2, 0.25) is 10.8 Å². The number of nitrogens with zero attached hydrogens (tertiary/aromatic N) is 3. The Morgan fingerprint density at radius 3 is 2.52 bits per heavy atom. The maximum absolute atomic E-state index is 11.0. The van der Waals surface area contributed by atoms with Crippen molar-refractivity contribution >= 4 is 16.3 Å². The molecule has 4 atom stereocenters. The van der Waals surface area contributed by atoms with Gasteiger partial charge in [0.05, 0.1) is 14.2 Å².